The lowest BCUT2D eigenvalue weighted by molar-refractivity contribution is -0.120. The Balaban J connectivity index is 1.27. The van der Waals surface area contributed by atoms with E-state index in [1.165, 1.54) is 23.9 Å². The molecule has 238 valence electrons. The number of pyridine rings is 1. The van der Waals surface area contributed by atoms with Crippen LogP contribution in [0.15, 0.2) is 97.1 Å². The number of halogens is 1. The average Bonchev–Trinajstić information content (AvgIpc) is 3.53. The smallest absolute Gasteiger partial charge is 0.254 e. The Kier molecular flexibility index (Phi) is 12.0. The molecule has 1 aliphatic heterocycles. The second kappa shape index (κ2) is 16.5. The molecule has 46 heavy (non-hydrogen) atoms. The third-order valence-corrected chi connectivity index (χ3v) is 9.44. The Morgan fingerprint density at radius 2 is 1.70 bits per heavy atom. The zero-order valence-corrected chi connectivity index (χ0v) is 27.1. The van der Waals surface area contributed by atoms with Crippen molar-refractivity contribution in [2.75, 3.05) is 25.2 Å². The summed E-state index contributed by atoms with van der Waals surface area (Å²) in [5.41, 5.74) is 2.70. The summed E-state index contributed by atoms with van der Waals surface area (Å²) in [7, 11) is 0. The minimum absolute atomic E-state index is 0.0212. The summed E-state index contributed by atoms with van der Waals surface area (Å²) in [5, 5.41) is 6.53. The van der Waals surface area contributed by atoms with Gasteiger partial charge < -0.3 is 15.4 Å². The van der Waals surface area contributed by atoms with Gasteiger partial charge in [-0.2, -0.15) is 11.8 Å². The van der Waals surface area contributed by atoms with Gasteiger partial charge in [0.05, 0.1) is 17.3 Å². The summed E-state index contributed by atoms with van der Waals surface area (Å²) in [6, 6.07) is 27.0. The molecule has 3 aromatic carbocycles. The molecule has 1 fully saturated rings. The molecule has 1 aliphatic rings. The van der Waals surface area contributed by atoms with Crippen molar-refractivity contribution in [3.8, 4) is 17.1 Å². The number of nitrogens with zero attached hydrogens (tertiary/aromatic N) is 1. The Morgan fingerprint density at radius 1 is 0.978 bits per heavy atom. The molecule has 2 N–H and O–H groups in total. The summed E-state index contributed by atoms with van der Waals surface area (Å²) in [5.74, 6) is 0.0997. The lowest BCUT2D eigenvalue weighted by atomic mass is 10.0. The highest BCUT2D eigenvalue weighted by atomic mass is 32.2. The van der Waals surface area contributed by atoms with Gasteiger partial charge in [-0.3, -0.25) is 14.4 Å². The zero-order chi connectivity index (χ0) is 32.3. The number of benzene rings is 3. The number of nitrogens with one attached hydrogen (secondary N) is 2. The molecule has 10 heteroatoms. The Morgan fingerprint density at radius 3 is 2.41 bits per heavy atom. The van der Waals surface area contributed by atoms with Crippen LogP contribution in [0, 0.1) is 5.82 Å². The summed E-state index contributed by atoms with van der Waals surface area (Å²) < 4.78 is 19.9. The van der Waals surface area contributed by atoms with Crippen molar-refractivity contribution >= 4 is 40.3 Å². The number of ketones is 1. The molecule has 7 nitrogen and oxygen atoms in total. The van der Waals surface area contributed by atoms with Crippen LogP contribution >= 0.6 is 23.5 Å². The molecule has 0 spiro atoms. The first kappa shape index (κ1) is 33.4. The number of ether oxygens (including phenoxy) is 1. The maximum absolute atomic E-state index is 13.8. The van der Waals surface area contributed by atoms with E-state index in [4.69, 9.17) is 4.74 Å². The van der Waals surface area contributed by atoms with Crippen LogP contribution in [-0.2, 0) is 11.2 Å². The van der Waals surface area contributed by atoms with Crippen molar-refractivity contribution in [2.24, 2.45) is 0 Å². The Labute approximate surface area is 277 Å². The van der Waals surface area contributed by atoms with E-state index >= 15 is 0 Å². The highest BCUT2D eigenvalue weighted by Gasteiger charge is 2.28. The van der Waals surface area contributed by atoms with Gasteiger partial charge in [0, 0.05) is 41.5 Å². The number of amides is 1. The number of aromatic nitrogens is 1. The quantitative estimate of drug-likeness (QED) is 0.165. The van der Waals surface area contributed by atoms with E-state index in [2.05, 4.69) is 15.6 Å². The van der Waals surface area contributed by atoms with Gasteiger partial charge in [-0.25, -0.2) is 9.37 Å². The van der Waals surface area contributed by atoms with Gasteiger partial charge in [-0.05, 0) is 60.7 Å². The number of carbonyl (C=O) groups excluding carboxylic acids is 3. The maximum atomic E-state index is 13.8. The third-order valence-electron chi connectivity index (χ3n) is 7.65. The second-order valence-corrected chi connectivity index (χ2v) is 13.3. The lowest BCUT2D eigenvalue weighted by Crippen LogP contribution is -2.42. The molecule has 1 saturated heterocycles. The molecule has 2 heterocycles. The fourth-order valence-corrected chi connectivity index (χ4v) is 6.77. The lowest BCUT2D eigenvalue weighted by Gasteiger charge is -2.19. The number of hydrogen-bond donors (Lipinski definition) is 2. The molecule has 1 amide bonds. The van der Waals surface area contributed by atoms with Crippen LogP contribution in [0.3, 0.4) is 0 Å². The molecule has 1 aromatic heterocycles. The van der Waals surface area contributed by atoms with Crippen LogP contribution in [0.25, 0.3) is 11.3 Å². The zero-order valence-electron chi connectivity index (χ0n) is 25.5. The monoisotopic (exact) mass is 657 g/mol. The fourth-order valence-electron chi connectivity index (χ4n) is 5.22. The molecule has 0 radical (unpaired) electrons. The standard InChI is InChI=1S/C36H36FN3O4S2/c1-45-19-18-31(32(41)20-24-8-4-2-5-9-24)39-35(42)30-16-17-33(40-34(30)25-12-14-27(37)15-13-25)44-23-28-21-29(22-38-28)46-36(43)26-10-6-3-7-11-26/h2-17,28-29,31,38H,18-23H2,1H3,(H,39,42)/t28-,29-,31-/m0/s1. The Hall–Kier alpha value is -3.99. The summed E-state index contributed by atoms with van der Waals surface area (Å²) in [6.45, 7) is 1.01. The minimum atomic E-state index is -0.676. The topological polar surface area (TPSA) is 97.4 Å². The van der Waals surface area contributed by atoms with Crippen LogP contribution in [0.5, 0.6) is 5.88 Å². The van der Waals surface area contributed by atoms with E-state index < -0.39 is 17.8 Å². The van der Waals surface area contributed by atoms with E-state index in [0.29, 0.717) is 48.0 Å². The molecular formula is C36H36FN3O4S2. The fraction of sp³-hybridized carbons (Fsp3) is 0.278. The van der Waals surface area contributed by atoms with Crippen LogP contribution in [0.2, 0.25) is 0 Å². The normalized spacial score (nSPS) is 16.5. The molecule has 3 atom stereocenters. The van der Waals surface area contributed by atoms with Crippen molar-refractivity contribution in [1.82, 2.24) is 15.6 Å². The first-order valence-electron chi connectivity index (χ1n) is 15.1. The molecular weight excluding hydrogens is 622 g/mol. The average molecular weight is 658 g/mol. The predicted molar refractivity (Wildman–Crippen MR) is 183 cm³/mol. The Bertz CT molecular complexity index is 1620. The van der Waals surface area contributed by atoms with E-state index in [1.54, 1.807) is 36.0 Å². The molecule has 4 aromatic rings. The van der Waals surface area contributed by atoms with Crippen molar-refractivity contribution in [1.29, 1.82) is 0 Å². The van der Waals surface area contributed by atoms with Gasteiger partial charge in [0.2, 0.25) is 11.0 Å². The van der Waals surface area contributed by atoms with Crippen LogP contribution < -0.4 is 15.4 Å². The molecule has 0 saturated carbocycles. The number of thioether (sulfide) groups is 2. The van der Waals surface area contributed by atoms with E-state index in [9.17, 15) is 18.8 Å². The first-order chi connectivity index (χ1) is 22.4. The summed E-state index contributed by atoms with van der Waals surface area (Å²) in [4.78, 5) is 44.2. The third kappa shape index (κ3) is 9.28. The largest absolute Gasteiger partial charge is 0.476 e. The molecule has 5 rings (SSSR count). The number of Topliss-reactive ketones (excluding diaryl/α,β-unsaturated/α-hetero) is 1. The van der Waals surface area contributed by atoms with Crippen LogP contribution in [-0.4, -0.2) is 64.3 Å². The number of carbonyl (C=O) groups is 3. The van der Waals surface area contributed by atoms with Gasteiger partial charge >= 0.3 is 0 Å². The maximum Gasteiger partial charge on any atom is 0.254 e. The van der Waals surface area contributed by atoms with E-state index in [1.807, 2.05) is 66.9 Å². The number of rotatable bonds is 14. The minimum Gasteiger partial charge on any atom is -0.476 e. The van der Waals surface area contributed by atoms with Gasteiger partial charge in [0.25, 0.3) is 5.91 Å². The molecule has 0 unspecified atom stereocenters. The predicted octanol–water partition coefficient (Wildman–Crippen LogP) is 6.23. The van der Waals surface area contributed by atoms with Crippen LogP contribution in [0.1, 0.15) is 39.1 Å². The van der Waals surface area contributed by atoms with Gasteiger partial charge in [-0.15, -0.1) is 0 Å². The summed E-state index contributed by atoms with van der Waals surface area (Å²) in [6.07, 6.45) is 3.41. The highest BCUT2D eigenvalue weighted by Crippen LogP contribution is 2.28. The SMILES string of the molecule is CSCC[C@H](NC(=O)c1ccc(OC[C@@H]2C[C@H](SC(=O)c3ccccc3)CN2)nc1-c1ccc(F)cc1)C(=O)Cc1ccccc1. The van der Waals surface area contributed by atoms with Crippen molar-refractivity contribution in [2.45, 2.75) is 36.6 Å². The second-order valence-electron chi connectivity index (χ2n) is 11.0. The van der Waals surface area contributed by atoms with Gasteiger partial charge in [0.15, 0.2) is 5.78 Å². The van der Waals surface area contributed by atoms with Crippen molar-refractivity contribution in [3.05, 3.63) is 120 Å². The van der Waals surface area contributed by atoms with E-state index in [-0.39, 0.29) is 34.2 Å². The van der Waals surface area contributed by atoms with Gasteiger partial charge in [0.1, 0.15) is 12.4 Å². The van der Waals surface area contributed by atoms with E-state index in [0.717, 1.165) is 12.0 Å². The first-order valence-corrected chi connectivity index (χ1v) is 17.4. The van der Waals surface area contributed by atoms with Gasteiger partial charge in [-0.1, -0.05) is 72.4 Å². The van der Waals surface area contributed by atoms with Crippen LogP contribution in [0.4, 0.5) is 4.39 Å². The molecule has 0 aliphatic carbocycles. The van der Waals surface area contributed by atoms with Crippen molar-refractivity contribution < 1.29 is 23.5 Å². The highest BCUT2D eigenvalue weighted by molar-refractivity contribution is 8.14. The molecule has 0 bridgehead atoms. The van der Waals surface area contributed by atoms with Crippen molar-refractivity contribution in [3.63, 3.8) is 0 Å². The number of hydrogen-bond acceptors (Lipinski definition) is 8. The summed E-state index contributed by atoms with van der Waals surface area (Å²) >= 11 is 2.94.